The second kappa shape index (κ2) is 5.71. The molecule has 2 rings (SSSR count). The van der Waals surface area contributed by atoms with Crippen LogP contribution in [0.2, 0.25) is 0 Å². The number of nitrogens with two attached hydrogens (primary N) is 1. The Balaban J connectivity index is 2.12. The van der Waals surface area contributed by atoms with Crippen molar-refractivity contribution >= 4 is 11.8 Å². The summed E-state index contributed by atoms with van der Waals surface area (Å²) in [5.74, 6) is 6.41. The lowest BCUT2D eigenvalue weighted by molar-refractivity contribution is 0.373. The molecule has 1 aromatic carbocycles. The number of thioether (sulfide) groups is 1. The van der Waals surface area contributed by atoms with Crippen LogP contribution in [0.1, 0.15) is 37.3 Å². The van der Waals surface area contributed by atoms with Gasteiger partial charge in [0.05, 0.1) is 0 Å². The Morgan fingerprint density at radius 3 is 2.38 bits per heavy atom. The highest BCUT2D eigenvalue weighted by Crippen LogP contribution is 2.35. The first-order valence-corrected chi connectivity index (χ1v) is 7.17. The first-order chi connectivity index (χ1) is 7.85. The molecule has 1 fully saturated rings. The van der Waals surface area contributed by atoms with Crippen LogP contribution in [-0.4, -0.2) is 6.26 Å². The summed E-state index contributed by atoms with van der Waals surface area (Å²) in [6, 6.07) is 9.10. The molecule has 0 aliphatic heterocycles. The van der Waals surface area contributed by atoms with E-state index < -0.39 is 0 Å². The van der Waals surface area contributed by atoms with E-state index in [4.69, 9.17) is 5.84 Å². The van der Waals surface area contributed by atoms with Crippen molar-refractivity contribution in [3.63, 3.8) is 0 Å². The molecular weight excluding hydrogens is 216 g/mol. The fourth-order valence-corrected chi connectivity index (χ4v) is 3.01. The van der Waals surface area contributed by atoms with E-state index in [9.17, 15) is 0 Å². The van der Waals surface area contributed by atoms with Gasteiger partial charge in [-0.2, -0.15) is 0 Å². The lowest BCUT2D eigenvalue weighted by atomic mass is 9.92. The first kappa shape index (κ1) is 12.0. The number of hydrogen-bond donors (Lipinski definition) is 2. The molecule has 1 aromatic rings. The SMILES string of the molecule is CSc1ccc(C(NN)C2CCCC2)cc1. The maximum Gasteiger partial charge on any atom is 0.0488 e. The normalized spacial score (nSPS) is 18.9. The summed E-state index contributed by atoms with van der Waals surface area (Å²) in [6.07, 6.45) is 7.42. The van der Waals surface area contributed by atoms with Gasteiger partial charge in [-0.05, 0) is 42.7 Å². The molecule has 1 aliphatic carbocycles. The van der Waals surface area contributed by atoms with Gasteiger partial charge < -0.3 is 0 Å². The van der Waals surface area contributed by atoms with Gasteiger partial charge in [-0.3, -0.25) is 11.3 Å². The number of nitrogens with one attached hydrogen (secondary N) is 1. The van der Waals surface area contributed by atoms with E-state index >= 15 is 0 Å². The smallest absolute Gasteiger partial charge is 0.0488 e. The zero-order valence-corrected chi connectivity index (χ0v) is 10.6. The lowest BCUT2D eigenvalue weighted by Gasteiger charge is -2.23. The average molecular weight is 236 g/mol. The number of rotatable bonds is 4. The van der Waals surface area contributed by atoms with Crippen LogP contribution >= 0.6 is 11.8 Å². The van der Waals surface area contributed by atoms with Crippen LogP contribution < -0.4 is 11.3 Å². The molecule has 88 valence electrons. The first-order valence-electron chi connectivity index (χ1n) is 5.95. The third kappa shape index (κ3) is 2.59. The van der Waals surface area contributed by atoms with Crippen molar-refractivity contribution in [1.82, 2.24) is 5.43 Å². The summed E-state index contributed by atoms with van der Waals surface area (Å²) < 4.78 is 0. The molecule has 2 nitrogen and oxygen atoms in total. The molecule has 1 atom stereocenters. The molecule has 0 aromatic heterocycles. The fraction of sp³-hybridized carbons (Fsp3) is 0.538. The minimum atomic E-state index is 0.332. The molecule has 0 heterocycles. The third-order valence-corrected chi connectivity index (χ3v) is 4.27. The lowest BCUT2D eigenvalue weighted by Crippen LogP contribution is -2.32. The van der Waals surface area contributed by atoms with Gasteiger partial charge in [0.25, 0.3) is 0 Å². The standard InChI is InChI=1S/C13H20N2S/c1-16-12-8-6-11(7-9-12)13(15-14)10-4-2-3-5-10/h6-10,13,15H,2-5,14H2,1H3. The molecule has 0 bridgehead atoms. The molecule has 1 saturated carbocycles. The molecule has 0 spiro atoms. The topological polar surface area (TPSA) is 38.0 Å². The molecule has 0 saturated heterocycles. The second-order valence-electron chi connectivity index (χ2n) is 4.46. The minimum Gasteiger partial charge on any atom is -0.271 e. The molecule has 3 N–H and O–H groups in total. The molecule has 1 unspecified atom stereocenters. The van der Waals surface area contributed by atoms with E-state index in [1.54, 1.807) is 11.8 Å². The Labute approximate surface area is 102 Å². The van der Waals surface area contributed by atoms with Gasteiger partial charge in [0.1, 0.15) is 0 Å². The maximum absolute atomic E-state index is 5.70. The molecule has 16 heavy (non-hydrogen) atoms. The molecule has 0 radical (unpaired) electrons. The fourth-order valence-electron chi connectivity index (χ4n) is 2.61. The molecule has 0 amide bonds. The van der Waals surface area contributed by atoms with Gasteiger partial charge in [0, 0.05) is 10.9 Å². The van der Waals surface area contributed by atoms with Crippen molar-refractivity contribution in [3.05, 3.63) is 29.8 Å². The van der Waals surface area contributed by atoms with Gasteiger partial charge >= 0.3 is 0 Å². The highest BCUT2D eigenvalue weighted by atomic mass is 32.2. The summed E-state index contributed by atoms with van der Waals surface area (Å²) in [4.78, 5) is 1.31. The van der Waals surface area contributed by atoms with E-state index in [0.717, 1.165) is 0 Å². The van der Waals surface area contributed by atoms with Crippen LogP contribution in [0, 0.1) is 5.92 Å². The average Bonchev–Trinajstić information content (AvgIpc) is 2.85. The van der Waals surface area contributed by atoms with Crippen molar-refractivity contribution < 1.29 is 0 Å². The van der Waals surface area contributed by atoms with Crippen LogP contribution in [0.15, 0.2) is 29.2 Å². The summed E-state index contributed by atoms with van der Waals surface area (Å²) in [7, 11) is 0. The highest BCUT2D eigenvalue weighted by Gasteiger charge is 2.25. The Morgan fingerprint density at radius 2 is 1.88 bits per heavy atom. The van der Waals surface area contributed by atoms with Crippen molar-refractivity contribution in [2.24, 2.45) is 11.8 Å². The molecule has 1 aliphatic rings. The van der Waals surface area contributed by atoms with Gasteiger partial charge in [0.2, 0.25) is 0 Å². The van der Waals surface area contributed by atoms with Crippen LogP contribution in [0.25, 0.3) is 0 Å². The van der Waals surface area contributed by atoms with Crippen molar-refractivity contribution in [2.75, 3.05) is 6.26 Å². The largest absolute Gasteiger partial charge is 0.271 e. The predicted molar refractivity (Wildman–Crippen MR) is 70.2 cm³/mol. The Hall–Kier alpha value is -0.510. The van der Waals surface area contributed by atoms with E-state index in [2.05, 4.69) is 35.9 Å². The van der Waals surface area contributed by atoms with Crippen LogP contribution in [0.4, 0.5) is 0 Å². The van der Waals surface area contributed by atoms with Crippen molar-refractivity contribution in [3.8, 4) is 0 Å². The monoisotopic (exact) mass is 236 g/mol. The minimum absolute atomic E-state index is 0.332. The van der Waals surface area contributed by atoms with Crippen LogP contribution in [0.3, 0.4) is 0 Å². The Kier molecular flexibility index (Phi) is 4.27. The zero-order valence-electron chi connectivity index (χ0n) is 9.78. The molecule has 3 heteroatoms. The number of benzene rings is 1. The zero-order chi connectivity index (χ0) is 11.4. The van der Waals surface area contributed by atoms with E-state index in [0.29, 0.717) is 12.0 Å². The Bertz CT molecular complexity index is 317. The summed E-state index contributed by atoms with van der Waals surface area (Å²) >= 11 is 1.78. The third-order valence-electron chi connectivity index (χ3n) is 3.53. The van der Waals surface area contributed by atoms with Gasteiger partial charge in [-0.1, -0.05) is 25.0 Å². The quantitative estimate of drug-likeness (QED) is 0.479. The van der Waals surface area contributed by atoms with E-state index in [-0.39, 0.29) is 0 Å². The highest BCUT2D eigenvalue weighted by molar-refractivity contribution is 7.98. The van der Waals surface area contributed by atoms with Gasteiger partial charge in [-0.25, -0.2) is 0 Å². The summed E-state index contributed by atoms with van der Waals surface area (Å²) in [5.41, 5.74) is 4.32. The molecular formula is C13H20N2S. The summed E-state index contributed by atoms with van der Waals surface area (Å²) in [5, 5.41) is 0. The van der Waals surface area contributed by atoms with Crippen molar-refractivity contribution in [1.29, 1.82) is 0 Å². The maximum atomic E-state index is 5.70. The van der Waals surface area contributed by atoms with Gasteiger partial charge in [-0.15, -0.1) is 11.8 Å². The van der Waals surface area contributed by atoms with Crippen molar-refractivity contribution in [2.45, 2.75) is 36.6 Å². The van der Waals surface area contributed by atoms with E-state index in [1.165, 1.54) is 36.1 Å². The predicted octanol–water partition coefficient (Wildman–Crippen LogP) is 3.10. The van der Waals surface area contributed by atoms with Gasteiger partial charge in [0.15, 0.2) is 0 Å². The van der Waals surface area contributed by atoms with Crippen LogP contribution in [-0.2, 0) is 0 Å². The van der Waals surface area contributed by atoms with E-state index in [1.807, 2.05) is 0 Å². The number of hydrogen-bond acceptors (Lipinski definition) is 3. The number of hydrazine groups is 1. The Morgan fingerprint density at radius 1 is 1.25 bits per heavy atom. The second-order valence-corrected chi connectivity index (χ2v) is 5.34. The summed E-state index contributed by atoms with van der Waals surface area (Å²) in [6.45, 7) is 0. The van der Waals surface area contributed by atoms with Crippen LogP contribution in [0.5, 0.6) is 0 Å².